The van der Waals surface area contributed by atoms with Gasteiger partial charge in [-0.2, -0.15) is 0 Å². The first-order chi connectivity index (χ1) is 17.8. The van der Waals surface area contributed by atoms with Crippen molar-refractivity contribution in [3.05, 3.63) is 131 Å². The van der Waals surface area contributed by atoms with E-state index in [1.807, 2.05) is 18.2 Å². The summed E-state index contributed by atoms with van der Waals surface area (Å²) in [6.07, 6.45) is 2.12. The maximum absolute atomic E-state index is 13.6. The maximum Gasteiger partial charge on any atom is 0.255 e. The predicted molar refractivity (Wildman–Crippen MR) is 146 cm³/mol. The van der Waals surface area contributed by atoms with Crippen molar-refractivity contribution in [2.75, 3.05) is 19.6 Å². The molecule has 180 valence electrons. The molecule has 3 nitrogen and oxygen atoms in total. The second kappa shape index (κ2) is 10.1. The van der Waals surface area contributed by atoms with Gasteiger partial charge in [-0.15, -0.1) is 0 Å². The Morgan fingerprint density at radius 3 is 2.06 bits per heavy atom. The number of carbonyl (C=O) groups is 1. The Kier molecular flexibility index (Phi) is 6.40. The molecule has 1 atom stereocenters. The summed E-state index contributed by atoms with van der Waals surface area (Å²) in [4.78, 5) is 18.3. The number of rotatable bonds is 7. The molecule has 0 N–H and O–H groups in total. The molecule has 4 aromatic carbocycles. The molecule has 6 rings (SSSR count). The van der Waals surface area contributed by atoms with Crippen LogP contribution in [-0.4, -0.2) is 41.4 Å². The van der Waals surface area contributed by atoms with Crippen molar-refractivity contribution < 1.29 is 4.79 Å². The molecular formula is C33H32N2O. The van der Waals surface area contributed by atoms with Gasteiger partial charge in [0.1, 0.15) is 0 Å². The van der Waals surface area contributed by atoms with E-state index in [4.69, 9.17) is 0 Å². The van der Waals surface area contributed by atoms with Crippen LogP contribution in [0.3, 0.4) is 0 Å². The van der Waals surface area contributed by atoms with E-state index in [1.54, 1.807) is 0 Å². The van der Waals surface area contributed by atoms with Gasteiger partial charge in [0.2, 0.25) is 0 Å². The zero-order valence-electron chi connectivity index (χ0n) is 20.6. The first kappa shape index (κ1) is 22.8. The summed E-state index contributed by atoms with van der Waals surface area (Å²) in [5.74, 6) is 0.584. The predicted octanol–water partition coefficient (Wildman–Crippen LogP) is 6.61. The Labute approximate surface area is 214 Å². The van der Waals surface area contributed by atoms with Crippen molar-refractivity contribution in [3.63, 3.8) is 0 Å². The van der Waals surface area contributed by atoms with Crippen molar-refractivity contribution >= 4 is 5.91 Å². The van der Waals surface area contributed by atoms with E-state index in [2.05, 4.69) is 101 Å². The van der Waals surface area contributed by atoms with Gasteiger partial charge >= 0.3 is 0 Å². The minimum absolute atomic E-state index is 0.197. The highest BCUT2D eigenvalue weighted by molar-refractivity contribution is 6.04. The lowest BCUT2D eigenvalue weighted by molar-refractivity contribution is 0.0707. The molecule has 1 amide bonds. The summed E-state index contributed by atoms with van der Waals surface area (Å²) < 4.78 is 0. The fourth-order valence-electron chi connectivity index (χ4n) is 6.01. The van der Waals surface area contributed by atoms with Crippen molar-refractivity contribution in [2.45, 2.75) is 31.3 Å². The third-order valence-electron chi connectivity index (χ3n) is 7.88. The highest BCUT2D eigenvalue weighted by Gasteiger charge is 2.37. The smallest absolute Gasteiger partial charge is 0.255 e. The summed E-state index contributed by atoms with van der Waals surface area (Å²) >= 11 is 0. The van der Waals surface area contributed by atoms with Crippen molar-refractivity contribution in [1.82, 2.24) is 9.80 Å². The molecule has 3 heteroatoms. The number of benzene rings is 4. The topological polar surface area (TPSA) is 23.6 Å². The molecule has 0 aromatic heterocycles. The molecule has 0 radical (unpaired) electrons. The van der Waals surface area contributed by atoms with Crippen LogP contribution < -0.4 is 0 Å². The number of carbonyl (C=O) groups excluding carboxylic acids is 1. The molecule has 0 bridgehead atoms. The van der Waals surface area contributed by atoms with Crippen LogP contribution >= 0.6 is 0 Å². The zero-order chi connectivity index (χ0) is 24.3. The van der Waals surface area contributed by atoms with Crippen molar-refractivity contribution in [2.24, 2.45) is 0 Å². The minimum atomic E-state index is 0.197. The number of hydrogen-bond acceptors (Lipinski definition) is 2. The Balaban J connectivity index is 1.14. The van der Waals surface area contributed by atoms with Gasteiger partial charge in [0.15, 0.2) is 0 Å². The molecule has 1 saturated heterocycles. The zero-order valence-corrected chi connectivity index (χ0v) is 20.6. The molecule has 0 aliphatic carbocycles. The maximum atomic E-state index is 13.6. The first-order valence-corrected chi connectivity index (χ1v) is 13.1. The molecule has 2 aliphatic heterocycles. The van der Waals surface area contributed by atoms with Crippen LogP contribution in [0.4, 0.5) is 0 Å². The van der Waals surface area contributed by atoms with E-state index < -0.39 is 0 Å². The van der Waals surface area contributed by atoms with Gasteiger partial charge in [0.25, 0.3) is 5.91 Å². The quantitative estimate of drug-likeness (QED) is 0.302. The molecule has 0 saturated carbocycles. The third-order valence-corrected chi connectivity index (χ3v) is 7.88. The van der Waals surface area contributed by atoms with E-state index in [1.165, 1.54) is 11.1 Å². The van der Waals surface area contributed by atoms with Crippen LogP contribution in [0, 0.1) is 0 Å². The second-order valence-corrected chi connectivity index (χ2v) is 10.0. The highest BCUT2D eigenvalue weighted by atomic mass is 16.2. The number of fused-ring (bicyclic) bond motifs is 1. The Bertz CT molecular complexity index is 1280. The highest BCUT2D eigenvalue weighted by Crippen LogP contribution is 2.35. The molecular weight excluding hydrogens is 440 g/mol. The number of amides is 1. The van der Waals surface area contributed by atoms with Gasteiger partial charge in [-0.1, -0.05) is 109 Å². The number of nitrogens with zero attached hydrogens (tertiary/aromatic N) is 2. The van der Waals surface area contributed by atoms with Gasteiger partial charge in [-0.05, 0) is 47.2 Å². The fraction of sp³-hybridized carbons (Fsp3) is 0.242. The van der Waals surface area contributed by atoms with Gasteiger partial charge < -0.3 is 9.80 Å². The standard InChI is InChI=1S/C33H32N2O/c36-33-32-28(17-10-18-31(32)27-15-8-3-9-16-27)23-35(33)29-19-21-34(24-29)22-20-30(25-11-4-1-5-12-25)26-13-6-2-7-14-26/h1-18,29-30H,19-24H2/t29-/m1/s1. The monoisotopic (exact) mass is 472 g/mol. The lowest BCUT2D eigenvalue weighted by Crippen LogP contribution is -2.38. The molecule has 2 aliphatic rings. The summed E-state index contributed by atoms with van der Waals surface area (Å²) in [6, 6.07) is 38.6. The molecule has 0 unspecified atom stereocenters. The minimum Gasteiger partial charge on any atom is -0.330 e. The normalized spacial score (nSPS) is 17.6. The van der Waals surface area contributed by atoms with Crippen LogP contribution in [0.15, 0.2) is 109 Å². The van der Waals surface area contributed by atoms with E-state index in [9.17, 15) is 4.79 Å². The van der Waals surface area contributed by atoms with Crippen molar-refractivity contribution in [1.29, 1.82) is 0 Å². The fourth-order valence-corrected chi connectivity index (χ4v) is 6.01. The van der Waals surface area contributed by atoms with Gasteiger partial charge in [0, 0.05) is 31.6 Å². The van der Waals surface area contributed by atoms with Crippen LogP contribution in [-0.2, 0) is 6.54 Å². The van der Waals surface area contributed by atoms with Crippen LogP contribution in [0.25, 0.3) is 11.1 Å². The third kappa shape index (κ3) is 4.47. The number of hydrogen-bond donors (Lipinski definition) is 0. The molecule has 2 heterocycles. The van der Waals surface area contributed by atoms with E-state index in [-0.39, 0.29) is 11.9 Å². The lowest BCUT2D eigenvalue weighted by atomic mass is 9.88. The van der Waals surface area contributed by atoms with Crippen LogP contribution in [0.2, 0.25) is 0 Å². The van der Waals surface area contributed by atoms with Crippen LogP contribution in [0.5, 0.6) is 0 Å². The average Bonchev–Trinajstić information content (AvgIpc) is 3.55. The first-order valence-electron chi connectivity index (χ1n) is 13.1. The summed E-state index contributed by atoms with van der Waals surface area (Å²) in [5, 5.41) is 0. The lowest BCUT2D eigenvalue weighted by Gasteiger charge is -2.25. The van der Waals surface area contributed by atoms with Crippen molar-refractivity contribution in [3.8, 4) is 11.1 Å². The summed E-state index contributed by atoms with van der Waals surface area (Å²) in [5.41, 5.74) is 6.98. The van der Waals surface area contributed by atoms with E-state index >= 15 is 0 Å². The SMILES string of the molecule is O=C1c2c(cccc2-c2ccccc2)CN1[C@@H]1CCN(CCC(c2ccccc2)c2ccccc2)C1. The molecule has 0 spiro atoms. The van der Waals surface area contributed by atoms with E-state index in [0.717, 1.165) is 61.3 Å². The van der Waals surface area contributed by atoms with Gasteiger partial charge in [-0.25, -0.2) is 0 Å². The Morgan fingerprint density at radius 1 is 0.750 bits per heavy atom. The average molecular weight is 473 g/mol. The summed E-state index contributed by atoms with van der Waals surface area (Å²) in [6.45, 7) is 3.77. The summed E-state index contributed by atoms with van der Waals surface area (Å²) in [7, 11) is 0. The molecule has 36 heavy (non-hydrogen) atoms. The largest absolute Gasteiger partial charge is 0.330 e. The molecule has 1 fully saturated rings. The van der Waals surface area contributed by atoms with Crippen LogP contribution in [0.1, 0.15) is 45.8 Å². The Morgan fingerprint density at radius 2 is 1.39 bits per heavy atom. The second-order valence-electron chi connectivity index (χ2n) is 10.0. The van der Waals surface area contributed by atoms with Gasteiger partial charge in [0.05, 0.1) is 5.56 Å². The molecule has 4 aromatic rings. The Hall–Kier alpha value is -3.69. The van der Waals surface area contributed by atoms with Gasteiger partial charge in [-0.3, -0.25) is 4.79 Å². The number of likely N-dealkylation sites (tertiary alicyclic amines) is 1. The van der Waals surface area contributed by atoms with E-state index in [0.29, 0.717) is 5.92 Å².